The van der Waals surface area contributed by atoms with Crippen LogP contribution in [0.1, 0.15) is 23.1 Å². The fourth-order valence-electron chi connectivity index (χ4n) is 2.93. The van der Waals surface area contributed by atoms with E-state index in [1.165, 1.54) is 22.7 Å². The summed E-state index contributed by atoms with van der Waals surface area (Å²) in [6.45, 7) is 6.29. The smallest absolute Gasteiger partial charge is 0.416 e. The highest BCUT2D eigenvalue weighted by Crippen LogP contribution is 2.40. The van der Waals surface area contributed by atoms with Crippen LogP contribution < -0.4 is 0 Å². The highest BCUT2D eigenvalue weighted by atomic mass is 32.2. The van der Waals surface area contributed by atoms with Gasteiger partial charge < -0.3 is 4.74 Å². The Kier molecular flexibility index (Phi) is 6.37. The van der Waals surface area contributed by atoms with Crippen molar-refractivity contribution in [2.24, 2.45) is 0 Å². The molecular weight excluding hydrogens is 399 g/mol. The number of thioether (sulfide) groups is 1. The average Bonchev–Trinajstić information content (AvgIpc) is 3.11. The van der Waals surface area contributed by atoms with Gasteiger partial charge in [-0.3, -0.25) is 4.90 Å². The van der Waals surface area contributed by atoms with Crippen molar-refractivity contribution in [3.05, 3.63) is 82.9 Å². The maximum absolute atomic E-state index is 13.2. The molecule has 0 radical (unpaired) electrons. The Labute approximate surface area is 171 Å². The molecule has 2 aromatic rings. The van der Waals surface area contributed by atoms with Gasteiger partial charge in [0.25, 0.3) is 0 Å². The van der Waals surface area contributed by atoms with Gasteiger partial charge in [-0.25, -0.2) is 4.79 Å². The summed E-state index contributed by atoms with van der Waals surface area (Å²) >= 11 is 1.33. The predicted octanol–water partition coefficient (Wildman–Crippen LogP) is 6.50. The molecule has 29 heavy (non-hydrogen) atoms. The lowest BCUT2D eigenvalue weighted by molar-refractivity contribution is -0.137. The Hall–Kier alpha value is -2.67. The molecule has 3 rings (SSSR count). The van der Waals surface area contributed by atoms with Gasteiger partial charge >= 0.3 is 12.3 Å². The first-order valence-electron chi connectivity index (χ1n) is 9.00. The monoisotopic (exact) mass is 419 g/mol. The minimum absolute atomic E-state index is 0.237. The number of cyclic esters (lactones) is 1. The molecule has 0 aliphatic carbocycles. The lowest BCUT2D eigenvalue weighted by Gasteiger charge is -2.22. The average molecular weight is 419 g/mol. The number of benzene rings is 2. The Morgan fingerprint density at radius 2 is 1.97 bits per heavy atom. The van der Waals surface area contributed by atoms with E-state index in [1.54, 1.807) is 12.1 Å². The second kappa shape index (κ2) is 8.78. The lowest BCUT2D eigenvalue weighted by Crippen LogP contribution is -2.23. The number of carbonyl (C=O) groups excluding carboxylic acids is 1. The van der Waals surface area contributed by atoms with Crippen LogP contribution in [0.15, 0.2) is 71.1 Å². The molecule has 0 atom stereocenters. The second-order valence-electron chi connectivity index (χ2n) is 6.54. The van der Waals surface area contributed by atoms with Gasteiger partial charge in [-0.2, -0.15) is 13.2 Å². The van der Waals surface area contributed by atoms with Crippen molar-refractivity contribution in [3.63, 3.8) is 0 Å². The van der Waals surface area contributed by atoms with Crippen LogP contribution in [0, 0.1) is 6.92 Å². The van der Waals surface area contributed by atoms with E-state index in [-0.39, 0.29) is 6.61 Å². The second-order valence-corrected chi connectivity index (χ2v) is 7.60. The van der Waals surface area contributed by atoms with Crippen molar-refractivity contribution < 1.29 is 22.7 Å². The third kappa shape index (κ3) is 5.03. The van der Waals surface area contributed by atoms with Crippen LogP contribution in [0.25, 0.3) is 5.57 Å². The van der Waals surface area contributed by atoms with Crippen LogP contribution >= 0.6 is 11.8 Å². The molecule has 0 aromatic heterocycles. The molecule has 0 N–H and O–H groups in total. The molecule has 1 fully saturated rings. The van der Waals surface area contributed by atoms with E-state index in [1.807, 2.05) is 31.2 Å². The summed E-state index contributed by atoms with van der Waals surface area (Å²) < 4.78 is 44.8. The minimum atomic E-state index is -4.45. The first-order valence-corrected chi connectivity index (χ1v) is 9.81. The summed E-state index contributed by atoms with van der Waals surface area (Å²) in [7, 11) is 0. The number of halogens is 3. The Morgan fingerprint density at radius 3 is 2.55 bits per heavy atom. The fourth-order valence-corrected chi connectivity index (χ4v) is 4.03. The molecule has 0 saturated carbocycles. The number of amides is 1. The summed E-state index contributed by atoms with van der Waals surface area (Å²) in [6, 6.07) is 12.8. The number of alkyl halides is 3. The predicted molar refractivity (Wildman–Crippen MR) is 108 cm³/mol. The van der Waals surface area contributed by atoms with Gasteiger partial charge in [0.1, 0.15) is 6.61 Å². The first kappa shape index (κ1) is 21.0. The summed E-state index contributed by atoms with van der Waals surface area (Å²) in [5, 5.41) is 0.551. The summed E-state index contributed by atoms with van der Waals surface area (Å²) in [5.41, 5.74) is 1.34. The van der Waals surface area contributed by atoms with Crippen LogP contribution in [-0.2, 0) is 10.9 Å². The van der Waals surface area contributed by atoms with Gasteiger partial charge in [0.2, 0.25) is 0 Å². The van der Waals surface area contributed by atoms with E-state index in [0.717, 1.165) is 22.6 Å². The third-order valence-corrected chi connectivity index (χ3v) is 5.55. The molecule has 1 heterocycles. The van der Waals surface area contributed by atoms with Crippen LogP contribution in [0.2, 0.25) is 0 Å². The molecule has 1 saturated heterocycles. The molecule has 1 aliphatic heterocycles. The minimum Gasteiger partial charge on any atom is -0.447 e. The maximum Gasteiger partial charge on any atom is 0.416 e. The SMILES string of the molecule is C=CC/C(=C(\Sc1ccc(C)cc1)N1CCOC1=O)c1cccc(C(F)(F)F)c1. The number of allylic oxidation sites excluding steroid dienone is 2. The van der Waals surface area contributed by atoms with Gasteiger partial charge in [-0.1, -0.05) is 47.7 Å². The molecular formula is C22H20F3NO2S. The van der Waals surface area contributed by atoms with Crippen LogP contribution in [0.4, 0.5) is 18.0 Å². The molecule has 7 heteroatoms. The van der Waals surface area contributed by atoms with Crippen molar-refractivity contribution in [2.45, 2.75) is 24.4 Å². The van der Waals surface area contributed by atoms with Crippen molar-refractivity contribution in [3.8, 4) is 0 Å². The van der Waals surface area contributed by atoms with E-state index in [9.17, 15) is 18.0 Å². The zero-order valence-electron chi connectivity index (χ0n) is 15.8. The molecule has 3 nitrogen and oxygen atoms in total. The quantitative estimate of drug-likeness (QED) is 0.395. The van der Waals surface area contributed by atoms with Crippen LogP contribution in [-0.4, -0.2) is 24.1 Å². The van der Waals surface area contributed by atoms with E-state index < -0.39 is 17.8 Å². The zero-order valence-corrected chi connectivity index (χ0v) is 16.6. The number of rotatable bonds is 6. The van der Waals surface area contributed by atoms with Crippen LogP contribution in [0.3, 0.4) is 0 Å². The Balaban J connectivity index is 2.14. The van der Waals surface area contributed by atoms with Crippen molar-refractivity contribution in [1.82, 2.24) is 4.90 Å². The van der Waals surface area contributed by atoms with Gasteiger partial charge in [0.05, 0.1) is 17.1 Å². The lowest BCUT2D eigenvalue weighted by atomic mass is 10.0. The van der Waals surface area contributed by atoms with Gasteiger partial charge in [0.15, 0.2) is 0 Å². The number of carbonyl (C=O) groups is 1. The topological polar surface area (TPSA) is 29.5 Å². The maximum atomic E-state index is 13.2. The largest absolute Gasteiger partial charge is 0.447 e. The first-order chi connectivity index (χ1) is 13.8. The highest BCUT2D eigenvalue weighted by molar-refractivity contribution is 8.03. The molecule has 152 valence electrons. The number of ether oxygens (including phenoxy) is 1. The summed E-state index contributed by atoms with van der Waals surface area (Å²) in [5.74, 6) is 0. The number of nitrogens with zero attached hydrogens (tertiary/aromatic N) is 1. The molecule has 1 aliphatic rings. The Bertz CT molecular complexity index is 936. The summed E-state index contributed by atoms with van der Waals surface area (Å²) in [4.78, 5) is 14.6. The van der Waals surface area contributed by atoms with E-state index in [2.05, 4.69) is 6.58 Å². The normalized spacial score (nSPS) is 15.2. The van der Waals surface area contributed by atoms with Gasteiger partial charge in [0, 0.05) is 4.90 Å². The Morgan fingerprint density at radius 1 is 1.24 bits per heavy atom. The van der Waals surface area contributed by atoms with Crippen molar-refractivity contribution >= 4 is 23.4 Å². The standard InChI is InChI=1S/C22H20F3NO2S/c1-3-5-19(16-6-4-7-17(14-16)22(23,24)25)20(26-12-13-28-21(26)27)29-18-10-8-15(2)9-11-18/h3-4,6-11,14H,1,5,12-13H2,2H3/b20-19+. The number of hydrogen-bond donors (Lipinski definition) is 0. The van der Waals surface area contributed by atoms with E-state index >= 15 is 0 Å². The number of hydrogen-bond acceptors (Lipinski definition) is 3. The molecule has 0 bridgehead atoms. The van der Waals surface area contributed by atoms with Gasteiger partial charge in [-0.15, -0.1) is 6.58 Å². The molecule has 0 unspecified atom stereocenters. The fraction of sp³-hybridized carbons (Fsp3) is 0.227. The van der Waals surface area contributed by atoms with Crippen molar-refractivity contribution in [1.29, 1.82) is 0 Å². The van der Waals surface area contributed by atoms with Crippen LogP contribution in [0.5, 0.6) is 0 Å². The molecule has 2 aromatic carbocycles. The van der Waals surface area contributed by atoms with Crippen molar-refractivity contribution in [2.75, 3.05) is 13.2 Å². The summed E-state index contributed by atoms with van der Waals surface area (Å²) in [6.07, 6.45) is -3.04. The zero-order chi connectivity index (χ0) is 21.0. The number of aryl methyl sites for hydroxylation is 1. The highest BCUT2D eigenvalue weighted by Gasteiger charge is 2.32. The van der Waals surface area contributed by atoms with E-state index in [4.69, 9.17) is 4.74 Å². The third-order valence-electron chi connectivity index (χ3n) is 4.39. The van der Waals surface area contributed by atoms with Gasteiger partial charge in [-0.05, 0) is 48.7 Å². The molecule has 1 amide bonds. The van der Waals surface area contributed by atoms with E-state index in [0.29, 0.717) is 29.1 Å². The molecule has 0 spiro atoms.